The molecule has 39 heavy (non-hydrogen) atoms. The van der Waals surface area contributed by atoms with Crippen LogP contribution in [0.4, 0.5) is 0 Å². The maximum absolute atomic E-state index is 12.3. The Labute approximate surface area is 235 Å². The van der Waals surface area contributed by atoms with Gasteiger partial charge >= 0.3 is 5.63 Å². The first-order valence-electron chi connectivity index (χ1n) is 16.0. The van der Waals surface area contributed by atoms with Crippen LogP contribution in [0.2, 0.25) is 0 Å². The summed E-state index contributed by atoms with van der Waals surface area (Å²) in [5.41, 5.74) is 7.82. The van der Waals surface area contributed by atoms with Crippen LogP contribution in [-0.2, 0) is 4.74 Å². The van der Waals surface area contributed by atoms with Crippen LogP contribution in [0.1, 0.15) is 116 Å². The molecule has 0 radical (unpaired) electrons. The molecule has 5 fully saturated rings. The summed E-state index contributed by atoms with van der Waals surface area (Å²) in [6.07, 6.45) is 19.3. The third kappa shape index (κ3) is 4.69. The fourth-order valence-corrected chi connectivity index (χ4v) is 9.92. The Morgan fingerprint density at radius 1 is 0.923 bits per heavy atom. The molecule has 1 aliphatic heterocycles. The van der Waals surface area contributed by atoms with Gasteiger partial charge in [-0.3, -0.25) is 0 Å². The van der Waals surface area contributed by atoms with Gasteiger partial charge in [0.1, 0.15) is 0 Å². The van der Waals surface area contributed by atoms with E-state index < -0.39 is 5.60 Å². The van der Waals surface area contributed by atoms with E-state index in [1.165, 1.54) is 38.5 Å². The van der Waals surface area contributed by atoms with Crippen molar-refractivity contribution in [1.82, 2.24) is 0 Å². The monoisotopic (exact) mass is 537 g/mol. The molecule has 3 N–H and O–H groups in total. The highest BCUT2D eigenvalue weighted by Crippen LogP contribution is 2.70. The Balaban J connectivity index is 0.000000263. The van der Waals surface area contributed by atoms with E-state index in [0.29, 0.717) is 23.4 Å². The van der Waals surface area contributed by atoms with Crippen LogP contribution >= 0.6 is 0 Å². The third-order valence-electron chi connectivity index (χ3n) is 12.6. The summed E-state index contributed by atoms with van der Waals surface area (Å²) in [5, 5.41) is 12.3. The molecule has 6 aliphatic rings. The number of rotatable bonds is 2. The summed E-state index contributed by atoms with van der Waals surface area (Å²) >= 11 is 0. The Morgan fingerprint density at radius 2 is 1.72 bits per heavy atom. The minimum Gasteiger partial charge on any atom is -0.431 e. The molecule has 5 heteroatoms. The van der Waals surface area contributed by atoms with Crippen LogP contribution in [0.25, 0.3) is 0 Å². The lowest BCUT2D eigenvalue weighted by Gasteiger charge is -2.62. The van der Waals surface area contributed by atoms with E-state index in [1.54, 1.807) is 17.9 Å². The molecule has 0 spiro atoms. The lowest BCUT2D eigenvalue weighted by molar-refractivity contribution is -0.177. The van der Waals surface area contributed by atoms with Gasteiger partial charge in [-0.05, 0) is 138 Å². The van der Waals surface area contributed by atoms with E-state index >= 15 is 0 Å². The molecule has 1 aromatic heterocycles. The number of allylic oxidation sites excluding steroid dienone is 2. The summed E-state index contributed by atoms with van der Waals surface area (Å²) in [7, 11) is 0. The fourth-order valence-electron chi connectivity index (χ4n) is 9.92. The van der Waals surface area contributed by atoms with Gasteiger partial charge in [0.15, 0.2) is 0 Å². The average Bonchev–Trinajstić information content (AvgIpc) is 3.71. The van der Waals surface area contributed by atoms with Crippen LogP contribution in [0.3, 0.4) is 0 Å². The van der Waals surface area contributed by atoms with Gasteiger partial charge in [-0.2, -0.15) is 0 Å². The Kier molecular flexibility index (Phi) is 7.20. The molecule has 0 aromatic carbocycles. The van der Waals surface area contributed by atoms with Crippen molar-refractivity contribution in [3.8, 4) is 0 Å². The number of aliphatic hydroxyl groups is 1. The van der Waals surface area contributed by atoms with Crippen molar-refractivity contribution >= 4 is 0 Å². The van der Waals surface area contributed by atoms with Crippen LogP contribution in [0.5, 0.6) is 0 Å². The number of nitrogens with two attached hydrogens (primary N) is 1. The second kappa shape index (κ2) is 10.1. The van der Waals surface area contributed by atoms with E-state index in [4.69, 9.17) is 14.9 Å². The third-order valence-corrected chi connectivity index (χ3v) is 12.6. The molecule has 0 amide bonds. The van der Waals surface area contributed by atoms with Gasteiger partial charge in [0.25, 0.3) is 0 Å². The molecule has 5 aliphatic carbocycles. The van der Waals surface area contributed by atoms with Gasteiger partial charge < -0.3 is 20.0 Å². The molecule has 10 atom stereocenters. The largest absolute Gasteiger partial charge is 0.431 e. The maximum Gasteiger partial charge on any atom is 0.335 e. The molecular formula is C34H51NO4. The van der Waals surface area contributed by atoms with Crippen molar-refractivity contribution in [2.24, 2.45) is 40.2 Å². The zero-order valence-electron chi connectivity index (χ0n) is 24.7. The van der Waals surface area contributed by atoms with Crippen molar-refractivity contribution < 1.29 is 14.3 Å². The zero-order chi connectivity index (χ0) is 27.6. The van der Waals surface area contributed by atoms with Gasteiger partial charge in [0.2, 0.25) is 0 Å². The second-order valence-electron chi connectivity index (χ2n) is 14.7. The van der Waals surface area contributed by atoms with Crippen molar-refractivity contribution in [3.05, 3.63) is 46.0 Å². The normalized spacial score (nSPS) is 47.1. The molecule has 1 saturated heterocycles. The maximum atomic E-state index is 12.3. The van der Waals surface area contributed by atoms with Crippen molar-refractivity contribution in [3.63, 3.8) is 0 Å². The Hall–Kier alpha value is -1.43. The van der Waals surface area contributed by atoms with Crippen LogP contribution in [0, 0.1) is 34.5 Å². The molecule has 7 rings (SSSR count). The molecule has 4 saturated carbocycles. The standard InChI is InChI=1S/C27H36O3.C7H15NO/c1-25-12-9-18(17-3-4-17)15-20(25)6-7-23-22(25)10-13-26(2)21(11-14-27(23,26)29)19-5-8-24(28)30-16-19;1-5-3-4-7(8)6(2)9-5/h5,8,15-18,21-23,29H,3-4,6-7,9-14H2,1-2H3;5-7H,3-4,8H2,1-2H3/t;5?,6-,7?/m.0/s1. The highest BCUT2D eigenvalue weighted by Gasteiger charge is 2.66. The molecule has 0 bridgehead atoms. The van der Waals surface area contributed by atoms with Gasteiger partial charge in [0, 0.05) is 17.5 Å². The molecule has 216 valence electrons. The van der Waals surface area contributed by atoms with E-state index in [2.05, 4.69) is 26.8 Å². The lowest BCUT2D eigenvalue weighted by Crippen LogP contribution is -2.60. The number of hydrogen-bond acceptors (Lipinski definition) is 5. The summed E-state index contributed by atoms with van der Waals surface area (Å²) < 4.78 is 10.7. The second-order valence-corrected chi connectivity index (χ2v) is 14.7. The van der Waals surface area contributed by atoms with E-state index in [1.807, 2.05) is 13.0 Å². The van der Waals surface area contributed by atoms with Crippen molar-refractivity contribution in [2.75, 3.05) is 0 Å². The molecule has 1 aromatic rings. The topological polar surface area (TPSA) is 85.7 Å². The smallest absolute Gasteiger partial charge is 0.335 e. The minimum absolute atomic E-state index is 0.128. The first-order chi connectivity index (χ1) is 18.5. The number of hydrogen-bond donors (Lipinski definition) is 2. The highest BCUT2D eigenvalue weighted by atomic mass is 16.5. The van der Waals surface area contributed by atoms with E-state index in [9.17, 15) is 9.90 Å². The predicted molar refractivity (Wildman–Crippen MR) is 154 cm³/mol. The molecular weight excluding hydrogens is 486 g/mol. The molecule has 9 unspecified atom stereocenters. The van der Waals surface area contributed by atoms with E-state index in [0.717, 1.165) is 55.9 Å². The van der Waals surface area contributed by atoms with Crippen molar-refractivity contribution in [1.29, 1.82) is 0 Å². The number of fused-ring (bicyclic) bond motifs is 5. The van der Waals surface area contributed by atoms with E-state index in [-0.39, 0.29) is 29.1 Å². The zero-order valence-corrected chi connectivity index (χ0v) is 24.7. The fraction of sp³-hybridized carbons (Fsp3) is 0.794. The van der Waals surface area contributed by atoms with Gasteiger partial charge in [-0.15, -0.1) is 0 Å². The van der Waals surface area contributed by atoms with Gasteiger partial charge in [-0.1, -0.05) is 25.5 Å². The molecule has 2 heterocycles. The summed E-state index contributed by atoms with van der Waals surface area (Å²) in [5.74, 6) is 3.10. The summed E-state index contributed by atoms with van der Waals surface area (Å²) in [6.45, 7) is 9.00. The number of ether oxygens (including phenoxy) is 1. The Morgan fingerprint density at radius 3 is 2.38 bits per heavy atom. The summed E-state index contributed by atoms with van der Waals surface area (Å²) in [6, 6.07) is 3.74. The molecule has 5 nitrogen and oxygen atoms in total. The van der Waals surface area contributed by atoms with Crippen molar-refractivity contribution in [2.45, 2.75) is 135 Å². The SMILES string of the molecule is CC12CCC(C3CC3)C=C1CCC1C2CCC2(C)C(c3ccc(=O)oc3)CCC12O.CC1CCC(N)[C@H](C)O1. The van der Waals surface area contributed by atoms with Crippen LogP contribution in [-0.4, -0.2) is 29.0 Å². The highest BCUT2D eigenvalue weighted by molar-refractivity contribution is 5.31. The van der Waals surface area contributed by atoms with Crippen LogP contribution < -0.4 is 11.4 Å². The first-order valence-corrected chi connectivity index (χ1v) is 16.0. The van der Waals surface area contributed by atoms with Crippen LogP contribution in [0.15, 0.2) is 39.3 Å². The predicted octanol–water partition coefficient (Wildman–Crippen LogP) is 6.73. The quantitative estimate of drug-likeness (QED) is 0.409. The Bertz CT molecular complexity index is 1120. The lowest BCUT2D eigenvalue weighted by atomic mass is 9.44. The first kappa shape index (κ1) is 27.7. The van der Waals surface area contributed by atoms with Gasteiger partial charge in [-0.25, -0.2) is 4.79 Å². The average molecular weight is 538 g/mol. The minimum atomic E-state index is -0.599. The van der Waals surface area contributed by atoms with Gasteiger partial charge in [0.05, 0.1) is 24.1 Å². The summed E-state index contributed by atoms with van der Waals surface area (Å²) in [4.78, 5) is 11.5.